The van der Waals surface area contributed by atoms with E-state index in [1.807, 2.05) is 0 Å². The zero-order chi connectivity index (χ0) is 4.99. The van der Waals surface area contributed by atoms with Crippen LogP contribution in [0.4, 0.5) is 0 Å². The molecule has 3 heteroatoms. The number of carbonyl (C=O) groups excluding carboxylic acids is 1. The molecular weight excluding hydrogens is 82.0 g/mol. The minimum atomic E-state index is -0.440. The highest BCUT2D eigenvalue weighted by molar-refractivity contribution is 5.74. The molecule has 1 amide bonds. The molecular formula is C3H7NO2. The van der Waals surface area contributed by atoms with Gasteiger partial charge in [-0.25, -0.2) is 0 Å². The van der Waals surface area contributed by atoms with Crippen LogP contribution in [0, 0.1) is 7.11 Å². The molecule has 0 unspecified atom stereocenters. The second kappa shape index (κ2) is 2.66. The van der Waals surface area contributed by atoms with Crippen LogP contribution in [-0.2, 0) is 4.79 Å². The third-order valence-corrected chi connectivity index (χ3v) is 0.268. The Kier molecular flexibility index (Phi) is 2.40. The number of aliphatic hydroxyl groups is 2. The van der Waals surface area contributed by atoms with E-state index in [0.29, 0.717) is 0 Å². The number of primary amides is 1. The summed E-state index contributed by atoms with van der Waals surface area (Å²) < 4.78 is 3.21. The van der Waals surface area contributed by atoms with Crippen LogP contribution in [0.5, 0.6) is 0 Å². The molecule has 0 aromatic rings. The molecule has 0 fully saturated rings. The van der Waals surface area contributed by atoms with E-state index in [0.717, 1.165) is 0 Å². The van der Waals surface area contributed by atoms with Crippen LogP contribution in [0.15, 0.2) is 0 Å². The summed E-state index contributed by atoms with van der Waals surface area (Å²) in [5.41, 5.74) is 4.63. The topological polar surface area (TPSA) is 55.9 Å². The predicted molar refractivity (Wildman–Crippen MR) is 21.6 cm³/mol. The Morgan fingerprint density at radius 2 is 2.50 bits per heavy atom. The molecule has 0 saturated carbocycles. The van der Waals surface area contributed by atoms with Gasteiger partial charge in [-0.05, 0) is 0 Å². The summed E-state index contributed by atoms with van der Waals surface area (Å²) >= 11 is 0. The lowest BCUT2D eigenvalue weighted by Crippen LogP contribution is -2.17. The van der Waals surface area contributed by atoms with Crippen molar-refractivity contribution in [3.8, 4) is 0 Å². The summed E-state index contributed by atoms with van der Waals surface area (Å²) in [5.74, 6) is -0.440. The highest BCUT2D eigenvalue weighted by atomic mass is 16.5. The highest BCUT2D eigenvalue weighted by Crippen LogP contribution is 1.55. The van der Waals surface area contributed by atoms with Crippen molar-refractivity contribution in [1.29, 1.82) is 0 Å². The summed E-state index contributed by atoms with van der Waals surface area (Å²) in [7, 11) is 3.05. The van der Waals surface area contributed by atoms with E-state index in [9.17, 15) is 4.79 Å². The molecule has 0 aromatic carbocycles. The summed E-state index contributed by atoms with van der Waals surface area (Å²) in [4.78, 5) is 9.69. The number of nitrogens with two attached hydrogens (primary N) is 1. The average molecular weight is 89.1 g/mol. The molecule has 3 nitrogen and oxygen atoms in total. The standard InChI is InChI=1S/C3H7NO2/c1-6-2-3(4)5/h6H,1-2H2,(H2,4,5). The van der Waals surface area contributed by atoms with Gasteiger partial charge >= 0.3 is 0 Å². The summed E-state index contributed by atoms with van der Waals surface area (Å²) in [5, 5.41) is 0. The van der Waals surface area contributed by atoms with Gasteiger partial charge in [-0.2, -0.15) is 0 Å². The molecule has 0 saturated heterocycles. The first-order valence-corrected chi connectivity index (χ1v) is 1.48. The molecule has 0 atom stereocenters. The average Bonchev–Trinajstić information content (AvgIpc) is 1.35. The quantitative estimate of drug-likeness (QED) is 0.335. The van der Waals surface area contributed by atoms with Gasteiger partial charge in [0.2, 0.25) is 0 Å². The zero-order valence-corrected chi connectivity index (χ0v) is 3.35. The van der Waals surface area contributed by atoms with E-state index < -0.39 is 5.91 Å². The summed E-state index contributed by atoms with van der Waals surface area (Å²) in [6, 6.07) is 0. The van der Waals surface area contributed by atoms with Crippen LogP contribution in [-0.4, -0.2) is 17.3 Å². The predicted octanol–water partition coefficient (Wildman–Crippen LogP) is -1.21. The van der Waals surface area contributed by atoms with E-state index in [-0.39, 0.29) is 6.61 Å². The Bertz CT molecular complexity index is 52.8. The normalized spacial score (nSPS) is 8.17. The van der Waals surface area contributed by atoms with Gasteiger partial charge < -0.3 is 10.5 Å². The molecule has 0 aliphatic carbocycles. The molecule has 0 heterocycles. The van der Waals surface area contributed by atoms with Crippen LogP contribution < -0.4 is 5.73 Å². The first kappa shape index (κ1) is 5.43. The largest absolute Gasteiger partial charge is 0.575 e. The third kappa shape index (κ3) is 3.43. The SMILES string of the molecule is [CH2-][OH+]CC(N)=O. The van der Waals surface area contributed by atoms with Crippen LogP contribution >= 0.6 is 0 Å². The maximum absolute atomic E-state index is 9.69. The van der Waals surface area contributed by atoms with E-state index in [4.69, 9.17) is 0 Å². The van der Waals surface area contributed by atoms with Crippen molar-refractivity contribution in [3.05, 3.63) is 7.11 Å². The Hall–Kier alpha value is -0.570. The van der Waals surface area contributed by atoms with Crippen molar-refractivity contribution in [3.63, 3.8) is 0 Å². The zero-order valence-electron chi connectivity index (χ0n) is 3.35. The minimum Gasteiger partial charge on any atom is -0.575 e. The second-order valence-corrected chi connectivity index (χ2v) is 0.848. The monoisotopic (exact) mass is 89.0 g/mol. The van der Waals surface area contributed by atoms with Gasteiger partial charge in [0.05, 0.1) is 0 Å². The second-order valence-electron chi connectivity index (χ2n) is 0.848. The maximum Gasteiger partial charge on any atom is 0.291 e. The van der Waals surface area contributed by atoms with E-state index in [1.165, 1.54) is 0 Å². The first-order valence-electron chi connectivity index (χ1n) is 1.48. The fraction of sp³-hybridized carbons (Fsp3) is 0.333. The molecule has 0 bridgehead atoms. The van der Waals surface area contributed by atoms with Gasteiger partial charge in [0.15, 0.2) is 6.61 Å². The Morgan fingerprint density at radius 1 is 2.00 bits per heavy atom. The van der Waals surface area contributed by atoms with Crippen molar-refractivity contribution >= 4 is 5.91 Å². The van der Waals surface area contributed by atoms with Crippen molar-refractivity contribution in [1.82, 2.24) is 0 Å². The molecule has 0 radical (unpaired) electrons. The van der Waals surface area contributed by atoms with Gasteiger partial charge in [-0.3, -0.25) is 4.79 Å². The van der Waals surface area contributed by atoms with E-state index in [1.54, 1.807) is 0 Å². The molecule has 0 aromatic heterocycles. The molecule has 0 aliphatic rings. The van der Waals surface area contributed by atoms with Crippen molar-refractivity contribution in [2.45, 2.75) is 0 Å². The Balaban J connectivity index is 2.83. The van der Waals surface area contributed by atoms with Gasteiger partial charge in [0.25, 0.3) is 5.91 Å². The number of hydrogen-bond acceptors (Lipinski definition) is 1. The maximum atomic E-state index is 9.69. The molecule has 0 aliphatic heterocycles. The van der Waals surface area contributed by atoms with Crippen molar-refractivity contribution in [2.75, 3.05) is 6.61 Å². The van der Waals surface area contributed by atoms with E-state index >= 15 is 0 Å². The fourth-order valence-electron chi connectivity index (χ4n) is 0.110. The van der Waals surface area contributed by atoms with Crippen molar-refractivity contribution < 1.29 is 9.53 Å². The van der Waals surface area contributed by atoms with Crippen LogP contribution in [0.1, 0.15) is 0 Å². The van der Waals surface area contributed by atoms with Crippen LogP contribution in [0.3, 0.4) is 0 Å². The first-order chi connectivity index (χ1) is 2.77. The number of amides is 1. The number of carbonyl (C=O) groups is 1. The van der Waals surface area contributed by atoms with Gasteiger partial charge in [-0.1, -0.05) is 7.11 Å². The number of ether oxygens (including phenoxy) is 1. The number of hydrogen-bond donors (Lipinski definition) is 1. The highest BCUT2D eigenvalue weighted by Gasteiger charge is 1.86. The molecule has 0 spiro atoms. The smallest absolute Gasteiger partial charge is 0.291 e. The van der Waals surface area contributed by atoms with Crippen LogP contribution in [0.25, 0.3) is 0 Å². The van der Waals surface area contributed by atoms with Crippen molar-refractivity contribution in [2.24, 2.45) is 5.73 Å². The molecule has 36 valence electrons. The minimum absolute atomic E-state index is 0.0278. The van der Waals surface area contributed by atoms with Gasteiger partial charge in [0.1, 0.15) is 0 Å². The lowest BCUT2D eigenvalue weighted by Gasteiger charge is -1.90. The Labute approximate surface area is 36.1 Å². The van der Waals surface area contributed by atoms with Crippen LogP contribution in [0.2, 0.25) is 0 Å². The summed E-state index contributed by atoms with van der Waals surface area (Å²) in [6.07, 6.45) is 0. The summed E-state index contributed by atoms with van der Waals surface area (Å²) in [6.45, 7) is 0.0278. The molecule has 6 heavy (non-hydrogen) atoms. The third-order valence-electron chi connectivity index (χ3n) is 0.268. The lowest BCUT2D eigenvalue weighted by molar-refractivity contribution is -0.126. The Morgan fingerprint density at radius 3 is 2.50 bits per heavy atom. The van der Waals surface area contributed by atoms with Gasteiger partial charge in [0, 0.05) is 0 Å². The molecule has 3 N–H and O–H groups in total. The lowest BCUT2D eigenvalue weighted by atomic mass is 10.7. The molecule has 0 rings (SSSR count). The fourth-order valence-corrected chi connectivity index (χ4v) is 0.110. The number of rotatable bonds is 2. The van der Waals surface area contributed by atoms with E-state index in [2.05, 4.69) is 17.6 Å². The van der Waals surface area contributed by atoms with Gasteiger partial charge in [-0.15, -0.1) is 0 Å².